The molecular formula is C14H18N4OS. The third-order valence-corrected chi connectivity index (χ3v) is 3.76. The zero-order valence-corrected chi connectivity index (χ0v) is 12.5. The van der Waals surface area contributed by atoms with Crippen molar-refractivity contribution >= 4 is 28.8 Å². The molecule has 0 saturated carbocycles. The van der Waals surface area contributed by atoms with Crippen LogP contribution in [-0.2, 0) is 6.42 Å². The van der Waals surface area contributed by atoms with Crippen molar-refractivity contribution in [1.82, 2.24) is 9.59 Å². The molecule has 0 unspecified atom stereocenters. The molecule has 6 heteroatoms. The highest BCUT2D eigenvalue weighted by molar-refractivity contribution is 7.08. The van der Waals surface area contributed by atoms with Gasteiger partial charge in [0.05, 0.1) is 17.1 Å². The summed E-state index contributed by atoms with van der Waals surface area (Å²) in [7, 11) is 0. The second-order valence-electron chi connectivity index (χ2n) is 4.42. The highest BCUT2D eigenvalue weighted by Crippen LogP contribution is 2.26. The summed E-state index contributed by atoms with van der Waals surface area (Å²) < 4.78 is 3.89. The Labute approximate surface area is 122 Å². The van der Waals surface area contributed by atoms with Gasteiger partial charge in [0.1, 0.15) is 4.88 Å². The Bertz CT molecular complexity index is 596. The number of para-hydroxylation sites is 2. The van der Waals surface area contributed by atoms with Gasteiger partial charge in [-0.3, -0.25) is 4.79 Å². The third-order valence-electron chi connectivity index (χ3n) is 3.00. The number of amides is 1. The molecule has 0 radical (unpaired) electrons. The lowest BCUT2D eigenvalue weighted by molar-refractivity contribution is 0.0990. The van der Waals surface area contributed by atoms with Gasteiger partial charge in [-0.1, -0.05) is 30.5 Å². The molecule has 0 aliphatic heterocycles. The first-order valence-electron chi connectivity index (χ1n) is 6.66. The number of anilines is 2. The Morgan fingerprint density at radius 3 is 2.75 bits per heavy atom. The van der Waals surface area contributed by atoms with Crippen molar-refractivity contribution in [3.8, 4) is 0 Å². The van der Waals surface area contributed by atoms with E-state index in [0.29, 0.717) is 23.5 Å². The second-order valence-corrected chi connectivity index (χ2v) is 5.17. The number of nitrogen functional groups attached to an aromatic ring is 1. The Morgan fingerprint density at radius 2 is 2.10 bits per heavy atom. The number of carbonyl (C=O) groups excluding carboxylic acids is 1. The van der Waals surface area contributed by atoms with E-state index in [9.17, 15) is 4.79 Å². The smallest absolute Gasteiger partial charge is 0.272 e. The Balaban J connectivity index is 2.39. The van der Waals surface area contributed by atoms with Gasteiger partial charge in [0.2, 0.25) is 0 Å². The topological polar surface area (TPSA) is 72.1 Å². The molecule has 2 N–H and O–H groups in total. The predicted octanol–water partition coefficient (Wildman–Crippen LogP) is 2.74. The van der Waals surface area contributed by atoms with Crippen LogP contribution in [0.2, 0.25) is 0 Å². The minimum absolute atomic E-state index is 0.0726. The molecular weight excluding hydrogens is 272 g/mol. The number of aromatic nitrogens is 2. The van der Waals surface area contributed by atoms with Crippen molar-refractivity contribution in [3.63, 3.8) is 0 Å². The van der Waals surface area contributed by atoms with Crippen LogP contribution in [0, 0.1) is 0 Å². The molecule has 2 rings (SSSR count). The van der Waals surface area contributed by atoms with Crippen molar-refractivity contribution in [1.29, 1.82) is 0 Å². The molecule has 1 aromatic heterocycles. The van der Waals surface area contributed by atoms with Crippen LogP contribution in [0.25, 0.3) is 0 Å². The maximum atomic E-state index is 12.7. The summed E-state index contributed by atoms with van der Waals surface area (Å²) in [6.07, 6.45) is 1.55. The van der Waals surface area contributed by atoms with E-state index in [0.717, 1.165) is 29.3 Å². The van der Waals surface area contributed by atoms with E-state index in [-0.39, 0.29) is 5.91 Å². The van der Waals surface area contributed by atoms with Gasteiger partial charge in [-0.05, 0) is 36.5 Å². The number of hydrogen-bond donors (Lipinski definition) is 1. The molecule has 0 bridgehead atoms. The van der Waals surface area contributed by atoms with Gasteiger partial charge in [-0.2, -0.15) is 0 Å². The molecule has 0 saturated heterocycles. The van der Waals surface area contributed by atoms with E-state index in [2.05, 4.69) is 9.59 Å². The maximum absolute atomic E-state index is 12.7. The zero-order valence-electron chi connectivity index (χ0n) is 11.7. The van der Waals surface area contributed by atoms with Crippen LogP contribution in [0.3, 0.4) is 0 Å². The summed E-state index contributed by atoms with van der Waals surface area (Å²) in [5, 5.41) is 4.00. The lowest BCUT2D eigenvalue weighted by Crippen LogP contribution is -2.32. The fourth-order valence-electron chi connectivity index (χ4n) is 2.01. The van der Waals surface area contributed by atoms with Crippen molar-refractivity contribution in [2.45, 2.75) is 26.7 Å². The SMILES string of the molecule is CCCN(C(=O)c1snnc1CC)c1ccccc1N. The summed E-state index contributed by atoms with van der Waals surface area (Å²) in [5.41, 5.74) is 8.08. The first-order chi connectivity index (χ1) is 9.69. The zero-order chi connectivity index (χ0) is 14.5. The molecule has 0 aliphatic carbocycles. The van der Waals surface area contributed by atoms with Crippen LogP contribution >= 0.6 is 11.5 Å². The average Bonchev–Trinajstić information content (AvgIpc) is 2.93. The Kier molecular flexibility index (Phi) is 4.68. The van der Waals surface area contributed by atoms with Crippen LogP contribution < -0.4 is 10.6 Å². The number of nitrogens with zero attached hydrogens (tertiary/aromatic N) is 3. The molecule has 2 aromatic rings. The lowest BCUT2D eigenvalue weighted by Gasteiger charge is -2.23. The minimum Gasteiger partial charge on any atom is -0.397 e. The number of hydrogen-bond acceptors (Lipinski definition) is 5. The molecule has 0 atom stereocenters. The monoisotopic (exact) mass is 290 g/mol. The van der Waals surface area contributed by atoms with Gasteiger partial charge in [0.15, 0.2) is 0 Å². The van der Waals surface area contributed by atoms with Crippen molar-refractivity contribution in [3.05, 3.63) is 34.8 Å². The molecule has 5 nitrogen and oxygen atoms in total. The van der Waals surface area contributed by atoms with E-state index >= 15 is 0 Å². The third kappa shape index (κ3) is 2.80. The van der Waals surface area contributed by atoms with Gasteiger partial charge in [0.25, 0.3) is 5.91 Å². The number of benzene rings is 1. The molecule has 0 spiro atoms. The van der Waals surface area contributed by atoms with Crippen LogP contribution in [0.4, 0.5) is 11.4 Å². The molecule has 1 heterocycles. The van der Waals surface area contributed by atoms with Gasteiger partial charge < -0.3 is 10.6 Å². The van der Waals surface area contributed by atoms with Gasteiger partial charge in [0, 0.05) is 6.54 Å². The molecule has 1 aromatic carbocycles. The molecule has 106 valence electrons. The minimum atomic E-state index is -0.0726. The maximum Gasteiger partial charge on any atom is 0.272 e. The van der Waals surface area contributed by atoms with E-state index in [1.165, 1.54) is 0 Å². The normalized spacial score (nSPS) is 10.5. The van der Waals surface area contributed by atoms with E-state index in [1.807, 2.05) is 32.0 Å². The van der Waals surface area contributed by atoms with Gasteiger partial charge in [-0.25, -0.2) is 0 Å². The lowest BCUT2D eigenvalue weighted by atomic mass is 10.2. The predicted molar refractivity (Wildman–Crippen MR) is 82.1 cm³/mol. The molecule has 0 fully saturated rings. The number of nitrogens with two attached hydrogens (primary N) is 1. The summed E-state index contributed by atoms with van der Waals surface area (Å²) in [6, 6.07) is 7.41. The Hall–Kier alpha value is -1.95. The Morgan fingerprint density at radius 1 is 1.35 bits per heavy atom. The molecule has 20 heavy (non-hydrogen) atoms. The summed E-state index contributed by atoms with van der Waals surface area (Å²) in [5.74, 6) is -0.0726. The number of aryl methyl sites for hydroxylation is 1. The molecule has 1 amide bonds. The van der Waals surface area contributed by atoms with Crippen molar-refractivity contribution < 1.29 is 4.79 Å². The van der Waals surface area contributed by atoms with Crippen LogP contribution in [0.5, 0.6) is 0 Å². The van der Waals surface area contributed by atoms with Crippen molar-refractivity contribution in [2.75, 3.05) is 17.2 Å². The van der Waals surface area contributed by atoms with Gasteiger partial charge >= 0.3 is 0 Å². The number of rotatable bonds is 5. The number of carbonyl (C=O) groups is 1. The highest BCUT2D eigenvalue weighted by Gasteiger charge is 2.23. The van der Waals surface area contributed by atoms with Crippen LogP contribution in [0.1, 0.15) is 35.6 Å². The van der Waals surface area contributed by atoms with E-state index in [4.69, 9.17) is 5.73 Å². The van der Waals surface area contributed by atoms with Crippen molar-refractivity contribution in [2.24, 2.45) is 0 Å². The standard InChI is InChI=1S/C14H18N4OS/c1-3-9-18(12-8-6-5-7-10(12)15)14(19)13-11(4-2)16-17-20-13/h5-8H,3-4,9,15H2,1-2H3. The van der Waals surface area contributed by atoms with Crippen LogP contribution in [0.15, 0.2) is 24.3 Å². The fourth-order valence-corrected chi connectivity index (χ4v) is 2.71. The summed E-state index contributed by atoms with van der Waals surface area (Å²) in [4.78, 5) is 15.0. The molecule has 0 aliphatic rings. The quantitative estimate of drug-likeness (QED) is 0.859. The average molecular weight is 290 g/mol. The summed E-state index contributed by atoms with van der Waals surface area (Å²) >= 11 is 1.14. The van der Waals surface area contributed by atoms with Gasteiger partial charge in [-0.15, -0.1) is 5.10 Å². The second kappa shape index (κ2) is 6.47. The van der Waals surface area contributed by atoms with E-state index < -0.39 is 0 Å². The van der Waals surface area contributed by atoms with Crippen LogP contribution in [-0.4, -0.2) is 22.0 Å². The largest absolute Gasteiger partial charge is 0.397 e. The van der Waals surface area contributed by atoms with E-state index in [1.54, 1.807) is 11.0 Å². The first-order valence-corrected chi connectivity index (χ1v) is 7.44. The fraction of sp³-hybridized carbons (Fsp3) is 0.357. The summed E-state index contributed by atoms with van der Waals surface area (Å²) in [6.45, 7) is 4.62. The first kappa shape index (κ1) is 14.5. The highest BCUT2D eigenvalue weighted by atomic mass is 32.1.